The Morgan fingerprint density at radius 1 is 1.12 bits per heavy atom. The second kappa shape index (κ2) is 6.39. The molecule has 0 atom stereocenters. The molecule has 0 spiro atoms. The van der Waals surface area contributed by atoms with Crippen LogP contribution in [0.1, 0.15) is 69.6 Å². The molecule has 1 aliphatic carbocycles. The van der Waals surface area contributed by atoms with E-state index < -0.39 is 0 Å². The van der Waals surface area contributed by atoms with E-state index in [1.807, 2.05) is 0 Å². The maximum atomic E-state index is 5.90. The van der Waals surface area contributed by atoms with E-state index in [0.29, 0.717) is 11.9 Å². The van der Waals surface area contributed by atoms with Crippen molar-refractivity contribution in [2.24, 2.45) is 0 Å². The Morgan fingerprint density at radius 2 is 1.82 bits per heavy atom. The number of halogens is 1. The lowest BCUT2D eigenvalue weighted by atomic mass is 10.1. The zero-order valence-electron chi connectivity index (χ0n) is 10.7. The van der Waals surface area contributed by atoms with Crippen LogP contribution in [-0.2, 0) is 12.3 Å². The lowest BCUT2D eigenvalue weighted by Gasteiger charge is -2.07. The Bertz CT molecular complexity index is 344. The van der Waals surface area contributed by atoms with Crippen molar-refractivity contribution in [3.63, 3.8) is 0 Å². The van der Waals surface area contributed by atoms with Crippen molar-refractivity contribution < 1.29 is 0 Å². The van der Waals surface area contributed by atoms with Gasteiger partial charge in [-0.05, 0) is 19.3 Å². The van der Waals surface area contributed by atoms with Crippen LogP contribution in [0.2, 0.25) is 0 Å². The van der Waals surface area contributed by atoms with Gasteiger partial charge in [0.25, 0.3) is 0 Å². The van der Waals surface area contributed by atoms with Crippen LogP contribution < -0.4 is 0 Å². The number of hydrogen-bond donors (Lipinski definition) is 0. The van der Waals surface area contributed by atoms with Gasteiger partial charge in [0, 0.05) is 12.5 Å². The normalized spacial score (nSPS) is 15.4. The molecule has 0 radical (unpaired) electrons. The van der Waals surface area contributed by atoms with Gasteiger partial charge in [-0.1, -0.05) is 32.6 Å². The minimum absolute atomic E-state index is 0.485. The second-order valence-electron chi connectivity index (χ2n) is 4.93. The van der Waals surface area contributed by atoms with Gasteiger partial charge in [-0.25, -0.2) is 0 Å². The van der Waals surface area contributed by atoms with Gasteiger partial charge in [0.1, 0.15) is 11.6 Å². The predicted octanol–water partition coefficient (Wildman–Crippen LogP) is 3.86. The van der Waals surface area contributed by atoms with Gasteiger partial charge in [-0.3, -0.25) is 0 Å². The van der Waals surface area contributed by atoms with Gasteiger partial charge >= 0.3 is 0 Å². The van der Waals surface area contributed by atoms with E-state index in [1.54, 1.807) is 0 Å². The summed E-state index contributed by atoms with van der Waals surface area (Å²) in [4.78, 5) is 0. The summed E-state index contributed by atoms with van der Waals surface area (Å²) in [7, 11) is 0. The van der Waals surface area contributed by atoms with Crippen LogP contribution in [0.15, 0.2) is 0 Å². The number of aromatic nitrogens is 3. The fourth-order valence-electron chi connectivity index (χ4n) is 2.26. The highest BCUT2D eigenvalue weighted by atomic mass is 35.5. The monoisotopic (exact) mass is 255 g/mol. The van der Waals surface area contributed by atoms with Crippen LogP contribution in [-0.4, -0.2) is 14.8 Å². The van der Waals surface area contributed by atoms with E-state index in [2.05, 4.69) is 21.7 Å². The Hall–Kier alpha value is -0.570. The number of alkyl halides is 1. The summed E-state index contributed by atoms with van der Waals surface area (Å²) in [5.74, 6) is 2.59. The standard InChI is InChI=1S/C13H22ClN3/c1-2-3-4-5-6-7-12-15-16-13(10-14)17(12)11-8-9-11/h11H,2-10H2,1H3. The average molecular weight is 256 g/mol. The maximum Gasteiger partial charge on any atom is 0.148 e. The van der Waals surface area contributed by atoms with Crippen molar-refractivity contribution >= 4 is 11.6 Å². The summed E-state index contributed by atoms with van der Waals surface area (Å²) >= 11 is 5.90. The minimum Gasteiger partial charge on any atom is -0.311 e. The average Bonchev–Trinajstić information content (AvgIpc) is 3.10. The van der Waals surface area contributed by atoms with E-state index in [4.69, 9.17) is 11.6 Å². The Labute approximate surface area is 109 Å². The molecule has 0 aliphatic heterocycles. The lowest BCUT2D eigenvalue weighted by Crippen LogP contribution is -2.05. The summed E-state index contributed by atoms with van der Waals surface area (Å²) < 4.78 is 2.28. The molecule has 0 amide bonds. The highest BCUT2D eigenvalue weighted by Crippen LogP contribution is 2.37. The molecule has 0 unspecified atom stereocenters. The number of nitrogens with zero attached hydrogens (tertiary/aromatic N) is 3. The molecule has 1 saturated carbocycles. The lowest BCUT2D eigenvalue weighted by molar-refractivity contribution is 0.593. The van der Waals surface area contributed by atoms with Crippen molar-refractivity contribution in [3.05, 3.63) is 11.6 Å². The zero-order chi connectivity index (χ0) is 12.1. The third-order valence-corrected chi connectivity index (χ3v) is 3.61. The first-order chi connectivity index (χ1) is 8.36. The molecular weight excluding hydrogens is 234 g/mol. The Balaban J connectivity index is 1.85. The minimum atomic E-state index is 0.485. The van der Waals surface area contributed by atoms with Gasteiger partial charge in [0.2, 0.25) is 0 Å². The molecule has 1 fully saturated rings. The molecule has 1 aromatic rings. The van der Waals surface area contributed by atoms with Crippen LogP contribution in [0, 0.1) is 0 Å². The van der Waals surface area contributed by atoms with Crippen molar-refractivity contribution in [2.75, 3.05) is 0 Å². The fourth-order valence-corrected chi connectivity index (χ4v) is 2.45. The smallest absolute Gasteiger partial charge is 0.148 e. The molecule has 1 aromatic heterocycles. The van der Waals surface area contributed by atoms with Crippen molar-refractivity contribution in [2.45, 2.75) is 70.2 Å². The van der Waals surface area contributed by atoms with E-state index in [-0.39, 0.29) is 0 Å². The number of aryl methyl sites for hydroxylation is 1. The quantitative estimate of drug-likeness (QED) is 0.522. The molecule has 96 valence electrons. The van der Waals surface area contributed by atoms with Crippen LogP contribution in [0.4, 0.5) is 0 Å². The fraction of sp³-hybridized carbons (Fsp3) is 0.846. The molecule has 3 nitrogen and oxygen atoms in total. The molecule has 1 aliphatic rings. The molecule has 2 rings (SSSR count). The van der Waals surface area contributed by atoms with Crippen LogP contribution in [0.5, 0.6) is 0 Å². The number of unbranched alkanes of at least 4 members (excludes halogenated alkanes) is 4. The van der Waals surface area contributed by atoms with E-state index in [1.165, 1.54) is 44.9 Å². The predicted molar refractivity (Wildman–Crippen MR) is 70.3 cm³/mol. The first-order valence-corrected chi connectivity index (χ1v) is 7.39. The van der Waals surface area contributed by atoms with E-state index in [0.717, 1.165) is 18.1 Å². The van der Waals surface area contributed by atoms with Crippen molar-refractivity contribution in [1.29, 1.82) is 0 Å². The van der Waals surface area contributed by atoms with Crippen LogP contribution in [0.3, 0.4) is 0 Å². The highest BCUT2D eigenvalue weighted by molar-refractivity contribution is 6.16. The van der Waals surface area contributed by atoms with Gasteiger partial charge in [0.15, 0.2) is 0 Å². The third kappa shape index (κ3) is 3.44. The topological polar surface area (TPSA) is 30.7 Å². The summed E-state index contributed by atoms with van der Waals surface area (Å²) in [6, 6.07) is 0.643. The summed E-state index contributed by atoms with van der Waals surface area (Å²) in [6.07, 6.45) is 10.1. The molecular formula is C13H22ClN3. The van der Waals surface area contributed by atoms with E-state index >= 15 is 0 Å². The molecule has 0 N–H and O–H groups in total. The molecule has 0 saturated heterocycles. The molecule has 17 heavy (non-hydrogen) atoms. The SMILES string of the molecule is CCCCCCCc1nnc(CCl)n1C1CC1. The summed E-state index contributed by atoms with van der Waals surface area (Å²) in [6.45, 7) is 2.25. The van der Waals surface area contributed by atoms with Crippen LogP contribution in [0.25, 0.3) is 0 Å². The largest absolute Gasteiger partial charge is 0.311 e. The summed E-state index contributed by atoms with van der Waals surface area (Å²) in [5.41, 5.74) is 0. The number of hydrogen-bond acceptors (Lipinski definition) is 2. The molecule has 0 aromatic carbocycles. The second-order valence-corrected chi connectivity index (χ2v) is 5.20. The Morgan fingerprint density at radius 3 is 2.47 bits per heavy atom. The molecule has 0 bridgehead atoms. The first-order valence-electron chi connectivity index (χ1n) is 6.85. The molecule has 4 heteroatoms. The van der Waals surface area contributed by atoms with Gasteiger partial charge in [-0.2, -0.15) is 0 Å². The van der Waals surface area contributed by atoms with Gasteiger partial charge in [-0.15, -0.1) is 21.8 Å². The Kier molecular flexibility index (Phi) is 4.84. The van der Waals surface area contributed by atoms with E-state index in [9.17, 15) is 0 Å². The number of rotatable bonds is 8. The first kappa shape index (κ1) is 12.9. The van der Waals surface area contributed by atoms with Crippen LogP contribution >= 0.6 is 11.6 Å². The third-order valence-electron chi connectivity index (χ3n) is 3.37. The van der Waals surface area contributed by atoms with Gasteiger partial charge < -0.3 is 4.57 Å². The molecule has 1 heterocycles. The highest BCUT2D eigenvalue weighted by Gasteiger charge is 2.28. The zero-order valence-corrected chi connectivity index (χ0v) is 11.4. The summed E-state index contributed by atoms with van der Waals surface area (Å²) in [5, 5.41) is 8.49. The van der Waals surface area contributed by atoms with Gasteiger partial charge in [0.05, 0.1) is 5.88 Å². The van der Waals surface area contributed by atoms with Crippen molar-refractivity contribution in [1.82, 2.24) is 14.8 Å². The maximum absolute atomic E-state index is 5.90. The van der Waals surface area contributed by atoms with Crippen molar-refractivity contribution in [3.8, 4) is 0 Å².